The zero-order valence-electron chi connectivity index (χ0n) is 10.5. The summed E-state index contributed by atoms with van der Waals surface area (Å²) < 4.78 is 10.2. The molecular weight excluding hydrogens is 254 g/mol. The molecule has 0 amide bonds. The number of pyridine rings is 1. The summed E-state index contributed by atoms with van der Waals surface area (Å²) in [5.74, 6) is -0.0188. The molecule has 1 heterocycles. The highest BCUT2D eigenvalue weighted by molar-refractivity contribution is 6.30. The topological polar surface area (TPSA) is 48.4 Å². The second kappa shape index (κ2) is 7.01. The molecule has 0 saturated carbocycles. The molecule has 0 atom stereocenters. The number of hydrogen-bond acceptors (Lipinski definition) is 4. The molecule has 0 aliphatic heterocycles. The molecule has 0 aliphatic rings. The maximum Gasteiger partial charge on any atom is 0.336 e. The lowest BCUT2D eigenvalue weighted by Crippen LogP contribution is -2.13. The molecule has 0 aliphatic carbocycles. The fraction of sp³-hybridized carbons (Fsp3) is 0.385. The van der Waals surface area contributed by atoms with Crippen LogP contribution in [-0.4, -0.2) is 24.2 Å². The Hall–Kier alpha value is -1.55. The van der Waals surface area contributed by atoms with Crippen LogP contribution in [0.25, 0.3) is 0 Å². The maximum absolute atomic E-state index is 11.3. The number of halogens is 1. The third-order valence-corrected chi connectivity index (χ3v) is 2.52. The Labute approximate surface area is 112 Å². The van der Waals surface area contributed by atoms with Crippen LogP contribution >= 0.6 is 11.6 Å². The smallest absolute Gasteiger partial charge is 0.336 e. The Bertz CT molecular complexity index is 446. The van der Waals surface area contributed by atoms with Crippen LogP contribution in [-0.2, 0) is 16.0 Å². The van der Waals surface area contributed by atoms with E-state index in [0.717, 1.165) is 12.0 Å². The van der Waals surface area contributed by atoms with E-state index in [4.69, 9.17) is 21.1 Å². The standard InChI is InChI=1S/C13H16ClNO3/c1-4-10-6-11(12(14)15-7-10)18-8-9(3)13(16)17-5-2/h6-7H,3-5,8H2,1-2H3. The highest BCUT2D eigenvalue weighted by Gasteiger charge is 2.10. The van der Waals surface area contributed by atoms with Crippen molar-refractivity contribution in [3.8, 4) is 5.75 Å². The van der Waals surface area contributed by atoms with E-state index in [1.807, 2.05) is 6.92 Å². The normalized spacial score (nSPS) is 9.94. The number of rotatable bonds is 6. The second-order valence-corrected chi connectivity index (χ2v) is 3.96. The summed E-state index contributed by atoms with van der Waals surface area (Å²) in [7, 11) is 0. The van der Waals surface area contributed by atoms with Crippen molar-refractivity contribution in [2.75, 3.05) is 13.2 Å². The molecule has 0 bridgehead atoms. The fourth-order valence-corrected chi connectivity index (χ4v) is 1.38. The minimum absolute atomic E-state index is 0.0351. The van der Waals surface area contributed by atoms with E-state index >= 15 is 0 Å². The number of aromatic nitrogens is 1. The molecule has 0 spiro atoms. The van der Waals surface area contributed by atoms with Crippen molar-refractivity contribution in [2.45, 2.75) is 20.3 Å². The molecule has 4 nitrogen and oxygen atoms in total. The van der Waals surface area contributed by atoms with Gasteiger partial charge in [0.05, 0.1) is 12.2 Å². The number of hydrogen-bond donors (Lipinski definition) is 0. The van der Waals surface area contributed by atoms with Crippen molar-refractivity contribution < 1.29 is 14.3 Å². The Morgan fingerprint density at radius 2 is 2.22 bits per heavy atom. The van der Waals surface area contributed by atoms with Gasteiger partial charge in [-0.15, -0.1) is 0 Å². The number of carbonyl (C=O) groups excluding carboxylic acids is 1. The van der Waals surface area contributed by atoms with Crippen LogP contribution in [0.2, 0.25) is 5.15 Å². The lowest BCUT2D eigenvalue weighted by Gasteiger charge is -2.10. The molecule has 0 radical (unpaired) electrons. The van der Waals surface area contributed by atoms with Gasteiger partial charge in [-0.1, -0.05) is 25.1 Å². The SMILES string of the molecule is C=C(COc1cc(CC)cnc1Cl)C(=O)OCC. The summed E-state index contributed by atoms with van der Waals surface area (Å²) in [6.45, 7) is 7.68. The molecule has 98 valence electrons. The van der Waals surface area contributed by atoms with Gasteiger partial charge in [-0.2, -0.15) is 0 Å². The van der Waals surface area contributed by atoms with E-state index in [0.29, 0.717) is 12.4 Å². The zero-order chi connectivity index (χ0) is 13.5. The van der Waals surface area contributed by atoms with Crippen LogP contribution in [0.15, 0.2) is 24.4 Å². The Morgan fingerprint density at radius 3 is 2.83 bits per heavy atom. The molecule has 1 aromatic rings. The first-order chi connectivity index (χ1) is 8.58. The van der Waals surface area contributed by atoms with Crippen LogP contribution in [0.1, 0.15) is 19.4 Å². The van der Waals surface area contributed by atoms with E-state index in [1.165, 1.54) is 0 Å². The highest BCUT2D eigenvalue weighted by Crippen LogP contribution is 2.23. The number of nitrogens with zero attached hydrogens (tertiary/aromatic N) is 1. The van der Waals surface area contributed by atoms with Crippen molar-refractivity contribution >= 4 is 17.6 Å². The van der Waals surface area contributed by atoms with Gasteiger partial charge in [0, 0.05) is 6.20 Å². The summed E-state index contributed by atoms with van der Waals surface area (Å²) in [6.07, 6.45) is 2.52. The monoisotopic (exact) mass is 269 g/mol. The van der Waals surface area contributed by atoms with Crippen molar-refractivity contribution in [3.05, 3.63) is 35.1 Å². The lowest BCUT2D eigenvalue weighted by atomic mass is 10.2. The van der Waals surface area contributed by atoms with Crippen molar-refractivity contribution in [1.82, 2.24) is 4.98 Å². The summed E-state index contributed by atoms with van der Waals surface area (Å²) in [5, 5.41) is 0.267. The molecule has 1 aromatic heterocycles. The lowest BCUT2D eigenvalue weighted by molar-refractivity contribution is -0.138. The summed E-state index contributed by atoms with van der Waals surface area (Å²) in [6, 6.07) is 1.80. The molecule has 0 N–H and O–H groups in total. The van der Waals surface area contributed by atoms with E-state index < -0.39 is 5.97 Å². The Morgan fingerprint density at radius 1 is 1.50 bits per heavy atom. The molecule has 1 rings (SSSR count). The minimum atomic E-state index is -0.465. The Kier molecular flexibility index (Phi) is 5.65. The van der Waals surface area contributed by atoms with Crippen molar-refractivity contribution in [2.24, 2.45) is 0 Å². The zero-order valence-corrected chi connectivity index (χ0v) is 11.3. The van der Waals surface area contributed by atoms with Crippen LogP contribution < -0.4 is 4.74 Å². The molecule has 0 aromatic carbocycles. The second-order valence-electron chi connectivity index (χ2n) is 3.60. The van der Waals surface area contributed by atoms with Gasteiger partial charge in [0.15, 0.2) is 10.9 Å². The quantitative estimate of drug-likeness (QED) is 0.453. The third kappa shape index (κ3) is 4.04. The highest BCUT2D eigenvalue weighted by atomic mass is 35.5. The number of carbonyl (C=O) groups is 1. The van der Waals surface area contributed by atoms with Gasteiger partial charge < -0.3 is 9.47 Å². The summed E-state index contributed by atoms with van der Waals surface area (Å²) in [5.41, 5.74) is 1.26. The van der Waals surface area contributed by atoms with E-state index in [1.54, 1.807) is 19.2 Å². The van der Waals surface area contributed by atoms with Gasteiger partial charge in [0.2, 0.25) is 0 Å². The van der Waals surface area contributed by atoms with Crippen LogP contribution in [0.4, 0.5) is 0 Å². The molecule has 0 saturated heterocycles. The summed E-state index contributed by atoms with van der Waals surface area (Å²) in [4.78, 5) is 15.3. The van der Waals surface area contributed by atoms with Gasteiger partial charge >= 0.3 is 5.97 Å². The minimum Gasteiger partial charge on any atom is -0.485 e. The summed E-state index contributed by atoms with van der Waals surface area (Å²) >= 11 is 5.90. The molecule has 0 unspecified atom stereocenters. The maximum atomic E-state index is 11.3. The van der Waals surface area contributed by atoms with Gasteiger partial charge in [0.25, 0.3) is 0 Å². The first-order valence-corrected chi connectivity index (χ1v) is 6.08. The van der Waals surface area contributed by atoms with Gasteiger partial charge in [-0.25, -0.2) is 9.78 Å². The van der Waals surface area contributed by atoms with Crippen molar-refractivity contribution in [3.63, 3.8) is 0 Å². The average molecular weight is 270 g/mol. The van der Waals surface area contributed by atoms with Gasteiger partial charge in [-0.3, -0.25) is 0 Å². The third-order valence-electron chi connectivity index (χ3n) is 2.24. The molecular formula is C13H16ClNO3. The number of esters is 1. The Balaban J connectivity index is 2.63. The number of aryl methyl sites for hydroxylation is 1. The van der Waals surface area contributed by atoms with Gasteiger partial charge in [0.1, 0.15) is 6.61 Å². The predicted molar refractivity (Wildman–Crippen MR) is 69.9 cm³/mol. The molecule has 5 heteroatoms. The van der Waals surface area contributed by atoms with E-state index in [9.17, 15) is 4.79 Å². The number of ether oxygens (including phenoxy) is 2. The first kappa shape index (κ1) is 14.5. The first-order valence-electron chi connectivity index (χ1n) is 5.70. The predicted octanol–water partition coefficient (Wildman–Crippen LogP) is 2.80. The fourth-order valence-electron chi connectivity index (χ4n) is 1.22. The molecule has 18 heavy (non-hydrogen) atoms. The van der Waals surface area contributed by atoms with Gasteiger partial charge in [-0.05, 0) is 25.0 Å². The van der Waals surface area contributed by atoms with Crippen molar-refractivity contribution in [1.29, 1.82) is 0 Å². The van der Waals surface area contributed by atoms with Crippen LogP contribution in [0.3, 0.4) is 0 Å². The largest absolute Gasteiger partial charge is 0.485 e. The average Bonchev–Trinajstić information content (AvgIpc) is 2.37. The molecule has 0 fully saturated rings. The van der Waals surface area contributed by atoms with Crippen LogP contribution in [0, 0.1) is 0 Å². The van der Waals surface area contributed by atoms with Crippen LogP contribution in [0.5, 0.6) is 5.75 Å². The van der Waals surface area contributed by atoms with E-state index in [2.05, 4.69) is 11.6 Å². The van der Waals surface area contributed by atoms with E-state index in [-0.39, 0.29) is 17.3 Å².